The number of hydrogen-bond donors (Lipinski definition) is 1. The third-order valence-corrected chi connectivity index (χ3v) is 3.06. The van der Waals surface area contributed by atoms with E-state index >= 15 is 0 Å². The highest BCUT2D eigenvalue weighted by molar-refractivity contribution is 5.37. The fourth-order valence-electron chi connectivity index (χ4n) is 2.10. The highest BCUT2D eigenvalue weighted by Crippen LogP contribution is 2.25. The van der Waals surface area contributed by atoms with E-state index in [1.165, 1.54) is 0 Å². The standard InChI is InChI=1S/C14H19N3O/c1-4-13-12(9-17(2)16-13)14(15)10-6-5-7-11(8-10)18-3/h5-9,14H,4,15H2,1-3H3. The van der Waals surface area contributed by atoms with Gasteiger partial charge >= 0.3 is 0 Å². The lowest BCUT2D eigenvalue weighted by Gasteiger charge is -2.12. The minimum Gasteiger partial charge on any atom is -0.497 e. The fourth-order valence-corrected chi connectivity index (χ4v) is 2.10. The molecule has 2 N–H and O–H groups in total. The first kappa shape index (κ1) is 12.6. The first-order chi connectivity index (χ1) is 8.65. The molecule has 1 atom stereocenters. The van der Waals surface area contributed by atoms with Crippen molar-refractivity contribution in [3.8, 4) is 5.75 Å². The van der Waals surface area contributed by atoms with Crippen molar-refractivity contribution in [3.63, 3.8) is 0 Å². The number of ether oxygens (including phenoxy) is 1. The Morgan fingerprint density at radius 1 is 1.44 bits per heavy atom. The van der Waals surface area contributed by atoms with E-state index in [4.69, 9.17) is 10.5 Å². The van der Waals surface area contributed by atoms with Gasteiger partial charge in [0, 0.05) is 18.8 Å². The number of rotatable bonds is 4. The van der Waals surface area contributed by atoms with E-state index in [2.05, 4.69) is 12.0 Å². The maximum absolute atomic E-state index is 6.32. The van der Waals surface area contributed by atoms with Crippen LogP contribution in [0.15, 0.2) is 30.5 Å². The van der Waals surface area contributed by atoms with Crippen molar-refractivity contribution in [1.29, 1.82) is 0 Å². The van der Waals surface area contributed by atoms with Gasteiger partial charge in [-0.05, 0) is 24.1 Å². The van der Waals surface area contributed by atoms with Crippen molar-refractivity contribution >= 4 is 0 Å². The summed E-state index contributed by atoms with van der Waals surface area (Å²) in [5.41, 5.74) is 9.49. The van der Waals surface area contributed by atoms with Gasteiger partial charge in [0.15, 0.2) is 0 Å². The number of hydrogen-bond acceptors (Lipinski definition) is 3. The molecule has 4 heteroatoms. The SMILES string of the molecule is CCc1nn(C)cc1C(N)c1cccc(OC)c1. The lowest BCUT2D eigenvalue weighted by molar-refractivity contribution is 0.414. The van der Waals surface area contributed by atoms with Crippen LogP contribution in [0, 0.1) is 0 Å². The second-order valence-corrected chi connectivity index (χ2v) is 4.31. The van der Waals surface area contributed by atoms with Gasteiger partial charge in [0.25, 0.3) is 0 Å². The summed E-state index contributed by atoms with van der Waals surface area (Å²) < 4.78 is 7.04. The van der Waals surface area contributed by atoms with Crippen LogP contribution in [0.25, 0.3) is 0 Å². The van der Waals surface area contributed by atoms with Gasteiger partial charge in [0.1, 0.15) is 5.75 Å². The average Bonchev–Trinajstić information content (AvgIpc) is 2.79. The van der Waals surface area contributed by atoms with Gasteiger partial charge in [-0.1, -0.05) is 19.1 Å². The van der Waals surface area contributed by atoms with Gasteiger partial charge < -0.3 is 10.5 Å². The summed E-state index contributed by atoms with van der Waals surface area (Å²) in [6.45, 7) is 2.09. The minimum absolute atomic E-state index is 0.163. The first-order valence-corrected chi connectivity index (χ1v) is 6.07. The summed E-state index contributed by atoms with van der Waals surface area (Å²) in [6.07, 6.45) is 2.87. The number of benzene rings is 1. The molecule has 0 bridgehead atoms. The molecule has 1 aromatic carbocycles. The van der Waals surface area contributed by atoms with Crippen LogP contribution in [0.5, 0.6) is 5.75 Å². The van der Waals surface area contributed by atoms with Crippen LogP contribution in [-0.2, 0) is 13.5 Å². The Morgan fingerprint density at radius 2 is 2.22 bits per heavy atom. The third kappa shape index (κ3) is 2.38. The minimum atomic E-state index is -0.163. The summed E-state index contributed by atoms with van der Waals surface area (Å²) >= 11 is 0. The third-order valence-electron chi connectivity index (χ3n) is 3.06. The molecule has 0 aliphatic rings. The molecule has 0 saturated heterocycles. The molecule has 1 aromatic heterocycles. The first-order valence-electron chi connectivity index (χ1n) is 6.07. The van der Waals surface area contributed by atoms with Gasteiger partial charge in [-0.25, -0.2) is 0 Å². The van der Waals surface area contributed by atoms with Gasteiger partial charge in [0.2, 0.25) is 0 Å². The molecular formula is C14H19N3O. The normalized spacial score (nSPS) is 12.4. The zero-order chi connectivity index (χ0) is 13.1. The van der Waals surface area contributed by atoms with Crippen molar-refractivity contribution in [2.75, 3.05) is 7.11 Å². The largest absolute Gasteiger partial charge is 0.497 e. The number of nitrogens with two attached hydrogens (primary N) is 1. The number of aromatic nitrogens is 2. The van der Waals surface area contributed by atoms with Crippen LogP contribution >= 0.6 is 0 Å². The van der Waals surface area contributed by atoms with Gasteiger partial charge in [-0.15, -0.1) is 0 Å². The van der Waals surface area contributed by atoms with Gasteiger partial charge in [-0.3, -0.25) is 4.68 Å². The molecule has 0 fully saturated rings. The van der Waals surface area contributed by atoms with Crippen LogP contribution in [0.3, 0.4) is 0 Å². The predicted molar refractivity (Wildman–Crippen MR) is 71.6 cm³/mol. The van der Waals surface area contributed by atoms with E-state index in [0.29, 0.717) is 0 Å². The highest BCUT2D eigenvalue weighted by Gasteiger charge is 2.16. The maximum atomic E-state index is 6.32. The molecule has 2 rings (SSSR count). The Balaban J connectivity index is 2.37. The molecule has 0 saturated carbocycles. The van der Waals surface area contributed by atoms with Crippen molar-refractivity contribution in [2.45, 2.75) is 19.4 Å². The molecular weight excluding hydrogens is 226 g/mol. The van der Waals surface area contributed by atoms with Crippen molar-refractivity contribution < 1.29 is 4.74 Å². The Morgan fingerprint density at radius 3 is 2.89 bits per heavy atom. The molecule has 1 heterocycles. The summed E-state index contributed by atoms with van der Waals surface area (Å²) in [6, 6.07) is 7.69. The Bertz CT molecular complexity index is 534. The fraction of sp³-hybridized carbons (Fsp3) is 0.357. The average molecular weight is 245 g/mol. The smallest absolute Gasteiger partial charge is 0.119 e. The molecule has 96 valence electrons. The second kappa shape index (κ2) is 5.23. The van der Waals surface area contributed by atoms with E-state index in [-0.39, 0.29) is 6.04 Å². The summed E-state index contributed by atoms with van der Waals surface area (Å²) in [7, 11) is 3.58. The Labute approximate surface area is 107 Å². The zero-order valence-corrected chi connectivity index (χ0v) is 11.1. The Hall–Kier alpha value is -1.81. The summed E-state index contributed by atoms with van der Waals surface area (Å²) in [5, 5.41) is 4.42. The van der Waals surface area contributed by atoms with Crippen molar-refractivity contribution in [3.05, 3.63) is 47.3 Å². The lowest BCUT2D eigenvalue weighted by Crippen LogP contribution is -2.13. The lowest BCUT2D eigenvalue weighted by atomic mass is 9.99. The van der Waals surface area contributed by atoms with Crippen LogP contribution in [0.4, 0.5) is 0 Å². The van der Waals surface area contributed by atoms with E-state index in [1.54, 1.807) is 7.11 Å². The van der Waals surface area contributed by atoms with E-state index in [9.17, 15) is 0 Å². The van der Waals surface area contributed by atoms with E-state index < -0.39 is 0 Å². The van der Waals surface area contributed by atoms with Gasteiger partial charge in [0.05, 0.1) is 18.8 Å². The monoisotopic (exact) mass is 245 g/mol. The highest BCUT2D eigenvalue weighted by atomic mass is 16.5. The van der Waals surface area contributed by atoms with Crippen LogP contribution in [0.1, 0.15) is 29.8 Å². The molecule has 2 aromatic rings. The van der Waals surface area contributed by atoms with E-state index in [0.717, 1.165) is 29.0 Å². The van der Waals surface area contributed by atoms with Crippen LogP contribution in [-0.4, -0.2) is 16.9 Å². The molecule has 0 spiro atoms. The molecule has 18 heavy (non-hydrogen) atoms. The summed E-state index contributed by atoms with van der Waals surface area (Å²) in [4.78, 5) is 0. The molecule has 4 nitrogen and oxygen atoms in total. The zero-order valence-electron chi connectivity index (χ0n) is 11.1. The summed E-state index contributed by atoms with van der Waals surface area (Å²) in [5.74, 6) is 0.824. The number of methoxy groups -OCH3 is 1. The van der Waals surface area contributed by atoms with E-state index in [1.807, 2.05) is 42.2 Å². The molecule has 0 aliphatic carbocycles. The quantitative estimate of drug-likeness (QED) is 0.896. The predicted octanol–water partition coefficient (Wildman–Crippen LogP) is 2.04. The number of aryl methyl sites for hydroxylation is 2. The van der Waals surface area contributed by atoms with Gasteiger partial charge in [-0.2, -0.15) is 5.10 Å². The molecule has 0 radical (unpaired) electrons. The maximum Gasteiger partial charge on any atom is 0.119 e. The van der Waals surface area contributed by atoms with Crippen molar-refractivity contribution in [1.82, 2.24) is 9.78 Å². The Kier molecular flexibility index (Phi) is 3.67. The topological polar surface area (TPSA) is 53.1 Å². The van der Waals surface area contributed by atoms with Crippen LogP contribution < -0.4 is 10.5 Å². The second-order valence-electron chi connectivity index (χ2n) is 4.31. The van der Waals surface area contributed by atoms with Crippen LogP contribution in [0.2, 0.25) is 0 Å². The molecule has 1 unspecified atom stereocenters. The molecule has 0 aliphatic heterocycles. The molecule has 0 amide bonds. The van der Waals surface area contributed by atoms with Crippen molar-refractivity contribution in [2.24, 2.45) is 12.8 Å². The number of nitrogens with zero attached hydrogens (tertiary/aromatic N) is 2.